The van der Waals surface area contributed by atoms with Gasteiger partial charge in [-0.3, -0.25) is 4.79 Å². The number of amides is 1. The number of carbonyl (C=O) groups is 2. The number of carbonyl (C=O) groups excluding carboxylic acids is 1. The van der Waals surface area contributed by atoms with Crippen LogP contribution in [0.4, 0.5) is 0 Å². The van der Waals surface area contributed by atoms with Crippen molar-refractivity contribution in [2.24, 2.45) is 0 Å². The minimum Gasteiger partial charge on any atom is -0.480 e. The molecular formula is C15H15NO4. The normalized spacial score (nSPS) is 12.1. The summed E-state index contributed by atoms with van der Waals surface area (Å²) in [5, 5.41) is 19.8. The molecule has 5 heteroatoms. The van der Waals surface area contributed by atoms with E-state index in [9.17, 15) is 9.59 Å². The molecule has 2 aromatic carbocycles. The fourth-order valence-electron chi connectivity index (χ4n) is 2.11. The Morgan fingerprint density at radius 2 is 1.80 bits per heavy atom. The second-order valence-electron chi connectivity index (χ2n) is 4.48. The Hall–Kier alpha value is -2.40. The largest absolute Gasteiger partial charge is 0.480 e. The van der Waals surface area contributed by atoms with E-state index in [-0.39, 0.29) is 0 Å². The van der Waals surface area contributed by atoms with Crippen LogP contribution in [0, 0.1) is 0 Å². The van der Waals surface area contributed by atoms with Crippen molar-refractivity contribution in [1.82, 2.24) is 4.90 Å². The first-order chi connectivity index (χ1) is 9.56. The lowest BCUT2D eigenvalue weighted by molar-refractivity contribution is -0.143. The summed E-state index contributed by atoms with van der Waals surface area (Å²) >= 11 is 0. The molecule has 0 aliphatic rings. The zero-order valence-corrected chi connectivity index (χ0v) is 11.0. The molecule has 0 radical (unpaired) electrons. The highest BCUT2D eigenvalue weighted by molar-refractivity contribution is 6.07. The van der Waals surface area contributed by atoms with E-state index in [4.69, 9.17) is 10.2 Å². The van der Waals surface area contributed by atoms with Crippen molar-refractivity contribution >= 4 is 22.6 Å². The van der Waals surface area contributed by atoms with Gasteiger partial charge in [0.05, 0.1) is 6.61 Å². The number of carboxylic acid groups (broad SMARTS) is 1. The zero-order chi connectivity index (χ0) is 14.7. The van der Waals surface area contributed by atoms with Crippen molar-refractivity contribution in [1.29, 1.82) is 0 Å². The van der Waals surface area contributed by atoms with Crippen LogP contribution >= 0.6 is 0 Å². The van der Waals surface area contributed by atoms with Crippen molar-refractivity contribution in [2.45, 2.75) is 6.04 Å². The Labute approximate surface area is 116 Å². The maximum atomic E-state index is 12.4. The lowest BCUT2D eigenvalue weighted by atomic mass is 10.0. The smallest absolute Gasteiger partial charge is 0.328 e. The number of carboxylic acids is 1. The van der Waals surface area contributed by atoms with Crippen LogP contribution in [-0.2, 0) is 4.79 Å². The first-order valence-corrected chi connectivity index (χ1v) is 6.15. The van der Waals surface area contributed by atoms with Gasteiger partial charge in [-0.1, -0.05) is 36.4 Å². The molecule has 0 heterocycles. The lowest BCUT2D eigenvalue weighted by Gasteiger charge is -2.23. The average Bonchev–Trinajstić information content (AvgIpc) is 2.46. The van der Waals surface area contributed by atoms with Gasteiger partial charge in [0.1, 0.15) is 0 Å². The number of hydrogen-bond acceptors (Lipinski definition) is 3. The summed E-state index contributed by atoms with van der Waals surface area (Å²) in [7, 11) is 1.37. The molecule has 0 saturated heterocycles. The minimum atomic E-state index is -1.25. The molecule has 0 aliphatic heterocycles. The number of aliphatic hydroxyl groups is 1. The van der Waals surface area contributed by atoms with E-state index in [1.54, 1.807) is 12.1 Å². The Morgan fingerprint density at radius 3 is 2.45 bits per heavy atom. The van der Waals surface area contributed by atoms with E-state index in [0.29, 0.717) is 5.56 Å². The van der Waals surface area contributed by atoms with E-state index in [2.05, 4.69) is 0 Å². The van der Waals surface area contributed by atoms with Gasteiger partial charge in [-0.15, -0.1) is 0 Å². The van der Waals surface area contributed by atoms with Gasteiger partial charge in [0.15, 0.2) is 6.04 Å². The number of aliphatic hydroxyl groups excluding tert-OH is 1. The average molecular weight is 273 g/mol. The highest BCUT2D eigenvalue weighted by atomic mass is 16.4. The summed E-state index contributed by atoms with van der Waals surface area (Å²) < 4.78 is 0. The van der Waals surface area contributed by atoms with Gasteiger partial charge in [-0.25, -0.2) is 4.79 Å². The Bertz CT molecular complexity index is 648. The molecule has 0 aromatic heterocycles. The summed E-state index contributed by atoms with van der Waals surface area (Å²) in [6, 6.07) is 11.4. The van der Waals surface area contributed by atoms with Gasteiger partial charge in [-0.2, -0.15) is 0 Å². The van der Waals surface area contributed by atoms with Crippen LogP contribution in [-0.4, -0.2) is 46.7 Å². The predicted octanol–water partition coefficient (Wildman–Crippen LogP) is 1.36. The summed E-state index contributed by atoms with van der Waals surface area (Å²) in [4.78, 5) is 24.5. The molecule has 0 bridgehead atoms. The van der Waals surface area contributed by atoms with Crippen LogP contribution in [0.2, 0.25) is 0 Å². The third-order valence-corrected chi connectivity index (χ3v) is 3.27. The Morgan fingerprint density at radius 1 is 1.15 bits per heavy atom. The van der Waals surface area contributed by atoms with Crippen LogP contribution in [0.15, 0.2) is 42.5 Å². The Balaban J connectivity index is 2.43. The molecule has 0 saturated carbocycles. The number of nitrogens with zero attached hydrogens (tertiary/aromatic N) is 1. The molecule has 2 N–H and O–H groups in total. The molecule has 1 unspecified atom stereocenters. The maximum absolute atomic E-state index is 12.4. The molecular weight excluding hydrogens is 258 g/mol. The molecule has 0 aliphatic carbocycles. The van der Waals surface area contributed by atoms with Gasteiger partial charge in [0.25, 0.3) is 5.91 Å². The molecule has 0 fully saturated rings. The van der Waals surface area contributed by atoms with Crippen LogP contribution in [0.3, 0.4) is 0 Å². The maximum Gasteiger partial charge on any atom is 0.328 e. The van der Waals surface area contributed by atoms with Crippen LogP contribution < -0.4 is 0 Å². The summed E-state index contributed by atoms with van der Waals surface area (Å²) in [6.45, 7) is -0.623. The fraction of sp³-hybridized carbons (Fsp3) is 0.200. The van der Waals surface area contributed by atoms with E-state index < -0.39 is 24.5 Å². The van der Waals surface area contributed by atoms with E-state index >= 15 is 0 Å². The second-order valence-corrected chi connectivity index (χ2v) is 4.48. The van der Waals surface area contributed by atoms with Gasteiger partial charge < -0.3 is 15.1 Å². The van der Waals surface area contributed by atoms with Gasteiger partial charge >= 0.3 is 5.97 Å². The van der Waals surface area contributed by atoms with Gasteiger partial charge in [0.2, 0.25) is 0 Å². The molecule has 1 amide bonds. The lowest BCUT2D eigenvalue weighted by Crippen LogP contribution is -2.44. The number of likely N-dealkylation sites (N-methyl/N-ethyl adjacent to an activating group) is 1. The molecule has 2 rings (SSSR count). The fourth-order valence-corrected chi connectivity index (χ4v) is 2.11. The number of aliphatic carboxylic acids is 1. The van der Waals surface area contributed by atoms with Crippen molar-refractivity contribution in [3.63, 3.8) is 0 Å². The number of rotatable bonds is 4. The molecule has 5 nitrogen and oxygen atoms in total. The highest BCUT2D eigenvalue weighted by Gasteiger charge is 2.27. The zero-order valence-electron chi connectivity index (χ0n) is 11.0. The van der Waals surface area contributed by atoms with Crippen LogP contribution in [0.1, 0.15) is 10.4 Å². The number of fused-ring (bicyclic) bond motifs is 1. The van der Waals surface area contributed by atoms with Crippen molar-refractivity contribution < 1.29 is 19.8 Å². The third kappa shape index (κ3) is 2.48. The van der Waals surface area contributed by atoms with Crippen molar-refractivity contribution in [2.75, 3.05) is 13.7 Å². The molecule has 2 aromatic rings. The number of hydrogen-bond donors (Lipinski definition) is 2. The summed E-state index contributed by atoms with van der Waals surface area (Å²) in [6.07, 6.45) is 0. The molecule has 104 valence electrons. The second kappa shape index (κ2) is 5.71. The quantitative estimate of drug-likeness (QED) is 0.881. The summed E-state index contributed by atoms with van der Waals surface area (Å²) in [5.74, 6) is -1.66. The SMILES string of the molecule is CN(C(=O)c1cccc2ccccc12)C(CO)C(=O)O. The van der Waals surface area contributed by atoms with Crippen molar-refractivity contribution in [3.05, 3.63) is 48.0 Å². The van der Waals surface area contributed by atoms with Gasteiger partial charge in [-0.05, 0) is 16.8 Å². The first kappa shape index (κ1) is 14.0. The highest BCUT2D eigenvalue weighted by Crippen LogP contribution is 2.20. The minimum absolute atomic E-state index is 0.422. The third-order valence-electron chi connectivity index (χ3n) is 3.27. The topological polar surface area (TPSA) is 77.8 Å². The molecule has 1 atom stereocenters. The Kier molecular flexibility index (Phi) is 4.00. The number of benzene rings is 2. The summed E-state index contributed by atoms with van der Waals surface area (Å²) in [5.41, 5.74) is 0.422. The van der Waals surface area contributed by atoms with Crippen LogP contribution in [0.5, 0.6) is 0 Å². The monoisotopic (exact) mass is 273 g/mol. The standard InChI is InChI=1S/C15H15NO4/c1-16(13(9-17)15(19)20)14(18)12-8-4-6-10-5-2-3-7-11(10)12/h2-8,13,17H,9H2,1H3,(H,19,20). The molecule has 20 heavy (non-hydrogen) atoms. The van der Waals surface area contributed by atoms with E-state index in [1.807, 2.05) is 30.3 Å². The van der Waals surface area contributed by atoms with Crippen LogP contribution in [0.25, 0.3) is 10.8 Å². The van der Waals surface area contributed by atoms with Gasteiger partial charge in [0, 0.05) is 12.6 Å². The molecule has 0 spiro atoms. The predicted molar refractivity (Wildman–Crippen MR) is 74.6 cm³/mol. The first-order valence-electron chi connectivity index (χ1n) is 6.15. The van der Waals surface area contributed by atoms with E-state index in [1.165, 1.54) is 7.05 Å². The van der Waals surface area contributed by atoms with E-state index in [0.717, 1.165) is 15.7 Å². The van der Waals surface area contributed by atoms with Crippen molar-refractivity contribution in [3.8, 4) is 0 Å².